The Balaban J connectivity index is 3.37. The van der Waals surface area contributed by atoms with E-state index in [0.717, 1.165) is 12.1 Å². The molecule has 76 valence electrons. The number of halogens is 3. The van der Waals surface area contributed by atoms with Crippen molar-refractivity contribution in [3.05, 3.63) is 34.9 Å². The summed E-state index contributed by atoms with van der Waals surface area (Å²) in [6, 6.07) is 3.31. The van der Waals surface area contributed by atoms with Crippen LogP contribution in [0, 0.1) is 6.92 Å². The van der Waals surface area contributed by atoms with Crippen molar-refractivity contribution in [2.24, 2.45) is 0 Å². The Morgan fingerprint density at radius 2 is 1.60 bits per heavy atom. The SMILES string of the molecule is [B]C([B])(O)c1cccc(C(F)(F)F)c1C. The summed E-state index contributed by atoms with van der Waals surface area (Å²) in [5, 5.41) is 6.99. The van der Waals surface area contributed by atoms with Crippen LogP contribution in [0.4, 0.5) is 13.2 Å². The van der Waals surface area contributed by atoms with Crippen molar-refractivity contribution in [3.63, 3.8) is 0 Å². The molecule has 1 nitrogen and oxygen atoms in total. The minimum absolute atomic E-state index is 0.141. The fourth-order valence-corrected chi connectivity index (χ4v) is 1.38. The molecule has 6 heteroatoms. The topological polar surface area (TPSA) is 20.2 Å². The largest absolute Gasteiger partial charge is 0.416 e. The molecule has 15 heavy (non-hydrogen) atoms. The maximum atomic E-state index is 12.5. The van der Waals surface area contributed by atoms with Crippen LogP contribution in [-0.4, -0.2) is 20.8 Å². The quantitative estimate of drug-likeness (QED) is 0.695. The molecule has 0 unspecified atom stereocenters. The monoisotopic (exact) mass is 210 g/mol. The molecule has 0 saturated carbocycles. The first-order valence-electron chi connectivity index (χ1n) is 4.11. The zero-order chi connectivity index (χ0) is 11.9. The van der Waals surface area contributed by atoms with E-state index in [1.165, 1.54) is 13.0 Å². The number of hydrogen-bond acceptors (Lipinski definition) is 1. The number of benzene rings is 1. The third-order valence-electron chi connectivity index (χ3n) is 2.07. The van der Waals surface area contributed by atoms with Crippen LogP contribution in [0.3, 0.4) is 0 Å². The Hall–Kier alpha value is -0.900. The molecule has 0 aromatic heterocycles. The molecule has 1 rings (SSSR count). The van der Waals surface area contributed by atoms with E-state index in [-0.39, 0.29) is 11.1 Å². The Labute approximate surface area is 88.1 Å². The van der Waals surface area contributed by atoms with Gasteiger partial charge in [0.05, 0.1) is 5.56 Å². The second-order valence-electron chi connectivity index (χ2n) is 3.30. The third-order valence-corrected chi connectivity index (χ3v) is 2.07. The molecule has 0 saturated heterocycles. The maximum Gasteiger partial charge on any atom is 0.416 e. The van der Waals surface area contributed by atoms with Gasteiger partial charge in [-0.2, -0.15) is 13.2 Å². The molecule has 0 aliphatic carbocycles. The van der Waals surface area contributed by atoms with Gasteiger partial charge in [0.25, 0.3) is 0 Å². The molecule has 0 spiro atoms. The summed E-state index contributed by atoms with van der Waals surface area (Å²) >= 11 is 0. The van der Waals surface area contributed by atoms with Gasteiger partial charge in [-0.05, 0) is 24.1 Å². The lowest BCUT2D eigenvalue weighted by atomic mass is 9.60. The zero-order valence-electron chi connectivity index (χ0n) is 7.97. The van der Waals surface area contributed by atoms with Crippen molar-refractivity contribution in [1.82, 2.24) is 0 Å². The summed E-state index contributed by atoms with van der Waals surface area (Å²) in [5.41, 5.74) is -1.16. The van der Waals surface area contributed by atoms with Crippen molar-refractivity contribution < 1.29 is 18.3 Å². The molecular formula is C9H7B2F3O. The van der Waals surface area contributed by atoms with E-state index in [2.05, 4.69) is 0 Å². The van der Waals surface area contributed by atoms with Gasteiger partial charge in [-0.25, -0.2) is 0 Å². The van der Waals surface area contributed by atoms with Gasteiger partial charge in [-0.1, -0.05) is 12.1 Å². The standard InChI is InChI=1S/C9H7B2F3O/c1-5-6(8(10,11)15)3-2-4-7(5)9(12,13)14/h2-4,15H,1H3. The van der Waals surface area contributed by atoms with Gasteiger partial charge in [-0.3, -0.25) is 0 Å². The van der Waals surface area contributed by atoms with Gasteiger partial charge in [0.2, 0.25) is 0 Å². The minimum atomic E-state index is -4.48. The fraction of sp³-hybridized carbons (Fsp3) is 0.333. The van der Waals surface area contributed by atoms with Crippen LogP contribution >= 0.6 is 0 Å². The summed E-state index contributed by atoms with van der Waals surface area (Å²) in [5.74, 6) is 0. The van der Waals surface area contributed by atoms with Crippen molar-refractivity contribution in [1.29, 1.82) is 0 Å². The van der Waals surface area contributed by atoms with Crippen molar-refractivity contribution >= 4 is 15.7 Å². The summed E-state index contributed by atoms with van der Waals surface area (Å²) in [6.45, 7) is 1.21. The van der Waals surface area contributed by atoms with Crippen LogP contribution in [0.25, 0.3) is 0 Å². The highest BCUT2D eigenvalue weighted by Gasteiger charge is 2.34. The first kappa shape index (κ1) is 12.2. The summed E-state index contributed by atoms with van der Waals surface area (Å²) in [6.07, 6.45) is -4.48. The molecule has 1 aromatic carbocycles. The van der Waals surface area contributed by atoms with Crippen molar-refractivity contribution in [2.75, 3.05) is 0 Å². The van der Waals surface area contributed by atoms with Gasteiger partial charge in [0, 0.05) is 5.40 Å². The smallest absolute Gasteiger partial charge is 0.405 e. The van der Waals surface area contributed by atoms with E-state index >= 15 is 0 Å². The first-order valence-corrected chi connectivity index (χ1v) is 4.11. The number of hydrogen-bond donors (Lipinski definition) is 1. The molecule has 0 atom stereocenters. The van der Waals surface area contributed by atoms with Crippen LogP contribution in [0.5, 0.6) is 0 Å². The molecule has 1 aromatic rings. The Kier molecular flexibility index (Phi) is 2.92. The van der Waals surface area contributed by atoms with Crippen LogP contribution in [0.1, 0.15) is 16.7 Å². The van der Waals surface area contributed by atoms with Crippen molar-refractivity contribution in [2.45, 2.75) is 18.5 Å². The molecule has 0 fully saturated rings. The minimum Gasteiger partial charge on any atom is -0.405 e. The van der Waals surface area contributed by atoms with Crippen molar-refractivity contribution in [3.8, 4) is 0 Å². The number of rotatable bonds is 1. The molecule has 0 amide bonds. The average Bonchev–Trinajstić information content (AvgIpc) is 1.99. The Bertz CT molecular complexity index is 336. The number of aliphatic hydroxyl groups is 1. The molecule has 4 radical (unpaired) electrons. The Morgan fingerprint density at radius 1 is 1.13 bits per heavy atom. The molecular weight excluding hydrogens is 203 g/mol. The van der Waals surface area contributed by atoms with Gasteiger partial charge < -0.3 is 5.11 Å². The summed E-state index contributed by atoms with van der Waals surface area (Å²) in [4.78, 5) is 0. The first-order chi connectivity index (χ1) is 6.64. The van der Waals surface area contributed by atoms with Gasteiger partial charge in [-0.15, -0.1) is 0 Å². The lowest BCUT2D eigenvalue weighted by Gasteiger charge is -2.23. The molecule has 0 aliphatic heterocycles. The highest BCUT2D eigenvalue weighted by Crippen LogP contribution is 2.34. The van der Waals surface area contributed by atoms with E-state index < -0.39 is 17.1 Å². The van der Waals surface area contributed by atoms with E-state index in [1.807, 2.05) is 0 Å². The predicted octanol–water partition coefficient (Wildman–Crippen LogP) is 1.45. The summed E-state index contributed by atoms with van der Waals surface area (Å²) < 4.78 is 37.4. The highest BCUT2D eigenvalue weighted by atomic mass is 19.4. The van der Waals surface area contributed by atoms with Gasteiger partial charge in [0.1, 0.15) is 15.7 Å². The second-order valence-corrected chi connectivity index (χ2v) is 3.30. The van der Waals surface area contributed by atoms with E-state index in [4.69, 9.17) is 15.7 Å². The van der Waals surface area contributed by atoms with E-state index in [9.17, 15) is 18.3 Å². The second kappa shape index (κ2) is 3.59. The maximum absolute atomic E-state index is 12.5. The Morgan fingerprint density at radius 3 is 2.00 bits per heavy atom. The average molecular weight is 210 g/mol. The zero-order valence-corrected chi connectivity index (χ0v) is 7.97. The molecule has 0 aliphatic rings. The van der Waals surface area contributed by atoms with E-state index in [0.29, 0.717) is 0 Å². The van der Waals surface area contributed by atoms with Gasteiger partial charge in [0.15, 0.2) is 0 Å². The normalized spacial score (nSPS) is 12.9. The lowest BCUT2D eigenvalue weighted by molar-refractivity contribution is -0.138. The van der Waals surface area contributed by atoms with E-state index in [1.54, 1.807) is 0 Å². The predicted molar refractivity (Wildman–Crippen MR) is 51.6 cm³/mol. The molecule has 0 heterocycles. The lowest BCUT2D eigenvalue weighted by Crippen LogP contribution is -2.28. The number of alkyl halides is 3. The van der Waals surface area contributed by atoms with Crippen LogP contribution in [0.15, 0.2) is 18.2 Å². The molecule has 0 bridgehead atoms. The van der Waals surface area contributed by atoms with Crippen LogP contribution in [-0.2, 0) is 11.6 Å². The summed E-state index contributed by atoms with van der Waals surface area (Å²) in [7, 11) is 10.3. The molecule has 1 N–H and O–H groups in total. The van der Waals surface area contributed by atoms with Crippen LogP contribution in [0.2, 0.25) is 0 Å². The fourth-order valence-electron chi connectivity index (χ4n) is 1.38. The van der Waals surface area contributed by atoms with Gasteiger partial charge >= 0.3 is 6.18 Å². The third kappa shape index (κ3) is 2.56. The van der Waals surface area contributed by atoms with Crippen LogP contribution < -0.4 is 0 Å². The highest BCUT2D eigenvalue weighted by molar-refractivity contribution is 6.38.